The predicted octanol–water partition coefficient (Wildman–Crippen LogP) is 2.45. The van der Waals surface area contributed by atoms with E-state index >= 15 is 0 Å². The first-order chi connectivity index (χ1) is 7.56. The van der Waals surface area contributed by atoms with Crippen LogP contribution in [0, 0.1) is 16.7 Å². The van der Waals surface area contributed by atoms with Crippen molar-refractivity contribution in [2.45, 2.75) is 47.5 Å². The first kappa shape index (κ1) is 14.7. The number of Topliss-reactive ketones (excluding diaryl/α,β-unsaturated/α-hetero) is 1. The Morgan fingerprint density at radius 2 is 1.59 bits per heavy atom. The van der Waals surface area contributed by atoms with E-state index in [4.69, 9.17) is 0 Å². The molecule has 0 aromatic carbocycles. The third kappa shape index (κ3) is 2.72. The van der Waals surface area contributed by atoms with Crippen LogP contribution < -0.4 is 0 Å². The quantitative estimate of drug-likeness (QED) is 0.737. The SMILES string of the molecule is CCS(=O)(=O)CCCC(=O)C1C(C)(C)C1(C)C. The van der Waals surface area contributed by atoms with E-state index in [1.807, 2.05) is 0 Å². The molecular formula is C13H24O3S. The monoisotopic (exact) mass is 260 g/mol. The Bertz CT molecular complexity index is 390. The fourth-order valence-corrected chi connectivity index (χ4v) is 3.63. The highest BCUT2D eigenvalue weighted by atomic mass is 32.2. The van der Waals surface area contributed by atoms with Crippen molar-refractivity contribution in [1.82, 2.24) is 0 Å². The molecule has 0 amide bonds. The lowest BCUT2D eigenvalue weighted by Crippen LogP contribution is -2.12. The standard InChI is InChI=1S/C13H24O3S/c1-6-17(15,16)9-7-8-10(14)11-12(2,3)13(11,4)5/h11H,6-9H2,1-5H3. The number of sulfone groups is 1. The van der Waals surface area contributed by atoms with Gasteiger partial charge in [-0.05, 0) is 17.3 Å². The molecule has 0 radical (unpaired) electrons. The van der Waals surface area contributed by atoms with Crippen LogP contribution in [0.2, 0.25) is 0 Å². The zero-order chi connectivity index (χ0) is 13.5. The van der Waals surface area contributed by atoms with Gasteiger partial charge in [0.05, 0.1) is 5.75 Å². The second-order valence-electron chi connectivity index (χ2n) is 6.18. The van der Waals surface area contributed by atoms with Gasteiger partial charge in [-0.1, -0.05) is 34.6 Å². The minimum atomic E-state index is -2.93. The number of carbonyl (C=O) groups is 1. The van der Waals surface area contributed by atoms with Crippen LogP contribution in [0.1, 0.15) is 47.5 Å². The van der Waals surface area contributed by atoms with E-state index in [0.29, 0.717) is 12.8 Å². The van der Waals surface area contributed by atoms with E-state index in [0.717, 1.165) is 0 Å². The molecule has 0 atom stereocenters. The van der Waals surface area contributed by atoms with Crippen molar-refractivity contribution in [2.24, 2.45) is 16.7 Å². The molecule has 0 aromatic rings. The molecule has 1 fully saturated rings. The fraction of sp³-hybridized carbons (Fsp3) is 0.923. The van der Waals surface area contributed by atoms with Gasteiger partial charge in [0.25, 0.3) is 0 Å². The minimum Gasteiger partial charge on any atom is -0.299 e. The molecule has 1 aliphatic rings. The van der Waals surface area contributed by atoms with E-state index in [1.165, 1.54) is 0 Å². The van der Waals surface area contributed by atoms with Gasteiger partial charge in [0.15, 0.2) is 0 Å². The molecule has 0 spiro atoms. The van der Waals surface area contributed by atoms with Gasteiger partial charge >= 0.3 is 0 Å². The molecule has 1 aliphatic carbocycles. The summed E-state index contributed by atoms with van der Waals surface area (Å²) in [6.45, 7) is 10.1. The molecular weight excluding hydrogens is 236 g/mol. The van der Waals surface area contributed by atoms with E-state index in [2.05, 4.69) is 27.7 Å². The van der Waals surface area contributed by atoms with Crippen molar-refractivity contribution in [3.63, 3.8) is 0 Å². The molecule has 100 valence electrons. The molecule has 0 heterocycles. The number of ketones is 1. The average molecular weight is 260 g/mol. The van der Waals surface area contributed by atoms with E-state index in [9.17, 15) is 13.2 Å². The van der Waals surface area contributed by atoms with Crippen molar-refractivity contribution in [2.75, 3.05) is 11.5 Å². The minimum absolute atomic E-state index is 0.0632. The summed E-state index contributed by atoms with van der Waals surface area (Å²) >= 11 is 0. The van der Waals surface area contributed by atoms with Crippen LogP contribution in [0.15, 0.2) is 0 Å². The Kier molecular flexibility index (Phi) is 3.78. The van der Waals surface area contributed by atoms with Crippen molar-refractivity contribution in [1.29, 1.82) is 0 Å². The molecule has 1 saturated carbocycles. The number of rotatable bonds is 6. The van der Waals surface area contributed by atoms with Crippen LogP contribution >= 0.6 is 0 Å². The van der Waals surface area contributed by atoms with Gasteiger partial charge in [-0.15, -0.1) is 0 Å². The largest absolute Gasteiger partial charge is 0.299 e. The number of hydrogen-bond acceptors (Lipinski definition) is 3. The summed E-state index contributed by atoms with van der Waals surface area (Å²) in [6, 6.07) is 0. The molecule has 0 unspecified atom stereocenters. The van der Waals surface area contributed by atoms with Gasteiger partial charge in [-0.2, -0.15) is 0 Å². The highest BCUT2D eigenvalue weighted by molar-refractivity contribution is 7.91. The first-order valence-corrected chi connectivity index (χ1v) is 8.11. The lowest BCUT2D eigenvalue weighted by atomic mass is 10.0. The van der Waals surface area contributed by atoms with E-state index in [1.54, 1.807) is 6.92 Å². The Morgan fingerprint density at radius 1 is 1.12 bits per heavy atom. The fourth-order valence-electron chi connectivity index (χ4n) is 2.76. The maximum absolute atomic E-state index is 12.0. The Balaban J connectivity index is 2.44. The normalized spacial score (nSPS) is 22.4. The number of hydrogen-bond donors (Lipinski definition) is 0. The molecule has 0 bridgehead atoms. The molecule has 0 saturated heterocycles. The Morgan fingerprint density at radius 3 is 1.94 bits per heavy atom. The molecule has 0 N–H and O–H groups in total. The summed E-state index contributed by atoms with van der Waals surface area (Å²) < 4.78 is 22.6. The second kappa shape index (κ2) is 4.38. The zero-order valence-corrected chi connectivity index (χ0v) is 12.4. The molecule has 0 aromatic heterocycles. The van der Waals surface area contributed by atoms with Crippen molar-refractivity contribution < 1.29 is 13.2 Å². The van der Waals surface area contributed by atoms with Gasteiger partial charge in [-0.25, -0.2) is 8.42 Å². The summed E-state index contributed by atoms with van der Waals surface area (Å²) in [5.74, 6) is 0.635. The molecule has 4 heteroatoms. The van der Waals surface area contributed by atoms with Crippen molar-refractivity contribution in [3.8, 4) is 0 Å². The Hall–Kier alpha value is -0.380. The average Bonchev–Trinajstić information content (AvgIpc) is 2.57. The summed E-state index contributed by atoms with van der Waals surface area (Å²) in [7, 11) is -2.93. The van der Waals surface area contributed by atoms with Gasteiger partial charge < -0.3 is 0 Å². The molecule has 17 heavy (non-hydrogen) atoms. The second-order valence-corrected chi connectivity index (χ2v) is 8.66. The van der Waals surface area contributed by atoms with E-state index in [-0.39, 0.29) is 34.0 Å². The summed E-state index contributed by atoms with van der Waals surface area (Å²) in [5, 5.41) is 0. The topological polar surface area (TPSA) is 51.2 Å². The van der Waals surface area contributed by atoms with E-state index < -0.39 is 9.84 Å². The van der Waals surface area contributed by atoms with Crippen LogP contribution in [0.3, 0.4) is 0 Å². The highest BCUT2D eigenvalue weighted by Crippen LogP contribution is 2.68. The summed E-state index contributed by atoms with van der Waals surface area (Å²) in [5.41, 5.74) is 0.126. The highest BCUT2D eigenvalue weighted by Gasteiger charge is 2.67. The lowest BCUT2D eigenvalue weighted by Gasteiger charge is -2.03. The van der Waals surface area contributed by atoms with Crippen LogP contribution in [-0.2, 0) is 14.6 Å². The first-order valence-electron chi connectivity index (χ1n) is 6.29. The smallest absolute Gasteiger partial charge is 0.150 e. The van der Waals surface area contributed by atoms with Crippen LogP contribution in [0.25, 0.3) is 0 Å². The van der Waals surface area contributed by atoms with Crippen LogP contribution in [0.5, 0.6) is 0 Å². The van der Waals surface area contributed by atoms with Crippen LogP contribution in [-0.4, -0.2) is 25.7 Å². The van der Waals surface area contributed by atoms with Gasteiger partial charge in [0.1, 0.15) is 15.6 Å². The van der Waals surface area contributed by atoms with Crippen LogP contribution in [0.4, 0.5) is 0 Å². The third-order valence-electron chi connectivity index (χ3n) is 4.66. The number of carbonyl (C=O) groups excluding carboxylic acids is 1. The maximum Gasteiger partial charge on any atom is 0.150 e. The van der Waals surface area contributed by atoms with Gasteiger partial charge in [0.2, 0.25) is 0 Å². The Labute approximate surface area is 105 Å². The summed E-state index contributed by atoms with van der Waals surface area (Å²) in [6.07, 6.45) is 0.869. The summed E-state index contributed by atoms with van der Waals surface area (Å²) in [4.78, 5) is 12.0. The van der Waals surface area contributed by atoms with Gasteiger partial charge in [0, 0.05) is 18.1 Å². The zero-order valence-electron chi connectivity index (χ0n) is 11.5. The lowest BCUT2D eigenvalue weighted by molar-refractivity contribution is -0.121. The predicted molar refractivity (Wildman–Crippen MR) is 69.6 cm³/mol. The van der Waals surface area contributed by atoms with Crippen molar-refractivity contribution >= 4 is 15.6 Å². The molecule has 3 nitrogen and oxygen atoms in total. The van der Waals surface area contributed by atoms with Gasteiger partial charge in [-0.3, -0.25) is 4.79 Å². The van der Waals surface area contributed by atoms with Crippen molar-refractivity contribution in [3.05, 3.63) is 0 Å². The third-order valence-corrected chi connectivity index (χ3v) is 6.45. The maximum atomic E-state index is 12.0. The molecule has 1 rings (SSSR count). The molecule has 0 aliphatic heterocycles.